The number of rotatable bonds is 2. The molecule has 3 rings (SSSR count). The van der Waals surface area contributed by atoms with Gasteiger partial charge in [0.2, 0.25) is 0 Å². The third kappa shape index (κ3) is 2.66. The van der Waals surface area contributed by atoms with Crippen LogP contribution in [0.25, 0.3) is 0 Å². The van der Waals surface area contributed by atoms with Gasteiger partial charge >= 0.3 is 0 Å². The molecule has 2 heterocycles. The lowest BCUT2D eigenvalue weighted by molar-refractivity contribution is 0.0107. The highest BCUT2D eigenvalue weighted by Gasteiger charge is 2.45. The molecule has 2 aliphatic heterocycles. The van der Waals surface area contributed by atoms with Crippen LogP contribution in [0, 0.1) is 11.6 Å². The summed E-state index contributed by atoms with van der Waals surface area (Å²) in [5.74, 6) is -1.23. The fourth-order valence-electron chi connectivity index (χ4n) is 3.54. The van der Waals surface area contributed by atoms with Crippen molar-refractivity contribution in [3.8, 4) is 0 Å². The Morgan fingerprint density at radius 2 is 1.90 bits per heavy atom. The molecule has 20 heavy (non-hydrogen) atoms. The number of halogens is 2. The van der Waals surface area contributed by atoms with E-state index in [4.69, 9.17) is 0 Å². The molecule has 0 amide bonds. The van der Waals surface area contributed by atoms with Crippen LogP contribution in [0.4, 0.5) is 8.78 Å². The molecule has 0 radical (unpaired) electrons. The van der Waals surface area contributed by atoms with Crippen molar-refractivity contribution >= 4 is 10.8 Å². The number of aliphatic hydroxyl groups is 1. The molecule has 2 fully saturated rings. The number of hydrogen-bond acceptors (Lipinski definition) is 2. The van der Waals surface area contributed by atoms with Gasteiger partial charge in [0, 0.05) is 33.8 Å². The molecule has 110 valence electrons. The minimum atomic E-state index is -1.01. The summed E-state index contributed by atoms with van der Waals surface area (Å²) in [6, 6.07) is 3.45. The normalized spacial score (nSPS) is 36.9. The first-order valence-electron chi connectivity index (χ1n) is 7.02. The van der Waals surface area contributed by atoms with Gasteiger partial charge in [-0.15, -0.1) is 0 Å². The van der Waals surface area contributed by atoms with Crippen molar-refractivity contribution in [2.45, 2.75) is 54.6 Å². The van der Waals surface area contributed by atoms with Crippen molar-refractivity contribution in [1.29, 1.82) is 0 Å². The van der Waals surface area contributed by atoms with Crippen LogP contribution in [0.1, 0.15) is 37.7 Å². The Balaban J connectivity index is 1.81. The first kappa shape index (κ1) is 14.1. The van der Waals surface area contributed by atoms with Crippen molar-refractivity contribution in [1.82, 2.24) is 0 Å². The zero-order valence-electron chi connectivity index (χ0n) is 11.1. The van der Waals surface area contributed by atoms with Gasteiger partial charge in [0.15, 0.2) is 0 Å². The zero-order valence-corrected chi connectivity index (χ0v) is 12.0. The monoisotopic (exact) mass is 300 g/mol. The molecule has 2 nitrogen and oxygen atoms in total. The second-order valence-corrected chi connectivity index (χ2v) is 8.04. The summed E-state index contributed by atoms with van der Waals surface area (Å²) in [5.41, 5.74) is -0.679. The van der Waals surface area contributed by atoms with Crippen molar-refractivity contribution < 1.29 is 18.1 Å². The highest BCUT2D eigenvalue weighted by molar-refractivity contribution is 7.86. The summed E-state index contributed by atoms with van der Waals surface area (Å²) < 4.78 is 38.8. The SMILES string of the molecule is O=S1C2CCCC1CC(O)(Cc1ccc(F)cc1F)C2. The third-order valence-corrected chi connectivity index (χ3v) is 6.58. The second kappa shape index (κ2) is 5.19. The average molecular weight is 300 g/mol. The van der Waals surface area contributed by atoms with E-state index in [0.717, 1.165) is 25.3 Å². The van der Waals surface area contributed by atoms with E-state index < -0.39 is 28.0 Å². The predicted octanol–water partition coefficient (Wildman–Crippen LogP) is 2.70. The maximum absolute atomic E-state index is 13.7. The van der Waals surface area contributed by atoms with Crippen LogP contribution in [0.2, 0.25) is 0 Å². The highest BCUT2D eigenvalue weighted by atomic mass is 32.2. The zero-order chi connectivity index (χ0) is 14.3. The number of benzene rings is 1. The number of fused-ring (bicyclic) bond motifs is 2. The lowest BCUT2D eigenvalue weighted by Crippen LogP contribution is -2.50. The molecular formula is C15H18F2O2S. The third-order valence-electron chi connectivity index (χ3n) is 4.46. The van der Waals surface area contributed by atoms with Gasteiger partial charge in [-0.25, -0.2) is 8.78 Å². The fraction of sp³-hybridized carbons (Fsp3) is 0.600. The van der Waals surface area contributed by atoms with Crippen LogP contribution >= 0.6 is 0 Å². The Bertz CT molecular complexity index is 531. The Labute approximate surface area is 119 Å². The highest BCUT2D eigenvalue weighted by Crippen LogP contribution is 2.40. The van der Waals surface area contributed by atoms with E-state index in [-0.39, 0.29) is 16.9 Å². The van der Waals surface area contributed by atoms with Crippen molar-refractivity contribution in [2.75, 3.05) is 0 Å². The molecule has 0 aromatic heterocycles. The maximum Gasteiger partial charge on any atom is 0.129 e. The molecule has 1 aromatic rings. The molecule has 0 aliphatic carbocycles. The predicted molar refractivity (Wildman–Crippen MR) is 73.8 cm³/mol. The van der Waals surface area contributed by atoms with Gasteiger partial charge in [-0.05, 0) is 37.3 Å². The van der Waals surface area contributed by atoms with Crippen molar-refractivity contribution in [2.24, 2.45) is 0 Å². The van der Waals surface area contributed by atoms with Crippen LogP contribution in [0.15, 0.2) is 18.2 Å². The molecule has 2 unspecified atom stereocenters. The topological polar surface area (TPSA) is 37.3 Å². The molecule has 1 N–H and O–H groups in total. The quantitative estimate of drug-likeness (QED) is 0.912. The van der Waals surface area contributed by atoms with Crippen LogP contribution in [0.3, 0.4) is 0 Å². The van der Waals surface area contributed by atoms with Gasteiger partial charge < -0.3 is 5.11 Å². The van der Waals surface area contributed by atoms with E-state index in [1.54, 1.807) is 0 Å². The Morgan fingerprint density at radius 3 is 2.50 bits per heavy atom. The lowest BCUT2D eigenvalue weighted by Gasteiger charge is -2.43. The molecular weight excluding hydrogens is 282 g/mol. The summed E-state index contributed by atoms with van der Waals surface area (Å²) in [6.07, 6.45) is 3.87. The van der Waals surface area contributed by atoms with Crippen LogP contribution in [-0.4, -0.2) is 25.4 Å². The van der Waals surface area contributed by atoms with E-state index in [2.05, 4.69) is 0 Å². The number of hydrogen-bond donors (Lipinski definition) is 1. The van der Waals surface area contributed by atoms with Crippen LogP contribution in [0.5, 0.6) is 0 Å². The van der Waals surface area contributed by atoms with Crippen molar-refractivity contribution in [3.05, 3.63) is 35.4 Å². The molecule has 2 bridgehead atoms. The summed E-state index contributed by atoms with van der Waals surface area (Å²) in [6.45, 7) is 0. The standard InChI is InChI=1S/C15H18F2O2S/c16-11-5-4-10(14(17)6-11)7-15(18)8-12-2-1-3-13(9-15)20(12)19/h4-6,12-13,18H,1-3,7-9H2. The first-order chi connectivity index (χ1) is 9.47. The van der Waals surface area contributed by atoms with Gasteiger partial charge in [0.1, 0.15) is 11.6 Å². The van der Waals surface area contributed by atoms with Crippen molar-refractivity contribution in [3.63, 3.8) is 0 Å². The minimum absolute atomic E-state index is 0.0241. The molecule has 2 aliphatic rings. The molecule has 5 heteroatoms. The average Bonchev–Trinajstić information content (AvgIpc) is 2.35. The molecule has 0 saturated carbocycles. The molecule has 1 aromatic carbocycles. The van der Waals surface area contributed by atoms with E-state index in [9.17, 15) is 18.1 Å². The summed E-state index contributed by atoms with van der Waals surface area (Å²) >= 11 is 0. The second-order valence-electron chi connectivity index (χ2n) is 6.05. The Morgan fingerprint density at radius 1 is 1.25 bits per heavy atom. The van der Waals surface area contributed by atoms with E-state index in [0.29, 0.717) is 18.4 Å². The van der Waals surface area contributed by atoms with Gasteiger partial charge in [-0.2, -0.15) is 0 Å². The fourth-order valence-corrected chi connectivity index (χ4v) is 5.83. The summed E-state index contributed by atoms with van der Waals surface area (Å²) in [7, 11) is -0.863. The first-order valence-corrected chi connectivity index (χ1v) is 8.30. The van der Waals surface area contributed by atoms with Crippen LogP contribution < -0.4 is 0 Å². The molecule has 2 atom stereocenters. The molecule has 2 saturated heterocycles. The van der Waals surface area contributed by atoms with E-state index in [1.807, 2.05) is 0 Å². The summed E-state index contributed by atoms with van der Waals surface area (Å²) in [5, 5.41) is 10.8. The van der Waals surface area contributed by atoms with Crippen LogP contribution in [-0.2, 0) is 17.2 Å². The van der Waals surface area contributed by atoms with Gasteiger partial charge in [-0.1, -0.05) is 12.5 Å². The Hall–Kier alpha value is -0.810. The van der Waals surface area contributed by atoms with Gasteiger partial charge in [0.25, 0.3) is 0 Å². The van der Waals surface area contributed by atoms with E-state index in [1.165, 1.54) is 12.1 Å². The Kier molecular flexibility index (Phi) is 3.67. The van der Waals surface area contributed by atoms with Gasteiger partial charge in [-0.3, -0.25) is 4.21 Å². The smallest absolute Gasteiger partial charge is 0.129 e. The minimum Gasteiger partial charge on any atom is -0.389 e. The lowest BCUT2D eigenvalue weighted by atomic mass is 9.81. The van der Waals surface area contributed by atoms with Gasteiger partial charge in [0.05, 0.1) is 5.60 Å². The van der Waals surface area contributed by atoms with E-state index >= 15 is 0 Å². The largest absolute Gasteiger partial charge is 0.389 e. The maximum atomic E-state index is 13.7. The molecule has 0 spiro atoms. The summed E-state index contributed by atoms with van der Waals surface area (Å²) in [4.78, 5) is 0.